The number of nitrogens with one attached hydrogen (secondary N) is 1. The lowest BCUT2D eigenvalue weighted by molar-refractivity contribution is -0.132. The van der Waals surface area contributed by atoms with E-state index in [2.05, 4.69) is 21.4 Å². The summed E-state index contributed by atoms with van der Waals surface area (Å²) in [6, 6.07) is 4.16. The van der Waals surface area contributed by atoms with Crippen LogP contribution in [0.15, 0.2) is 36.1 Å². The molecular weight excluding hydrogens is 324 g/mol. The molecular formula is C17H20N4O2S. The summed E-state index contributed by atoms with van der Waals surface area (Å²) in [7, 11) is 0. The van der Waals surface area contributed by atoms with Gasteiger partial charge < -0.3 is 10.2 Å². The van der Waals surface area contributed by atoms with E-state index >= 15 is 0 Å². The summed E-state index contributed by atoms with van der Waals surface area (Å²) in [6.07, 6.45) is 7.41. The SMILES string of the molecule is O=C(NC1CCN(C(=O)CCc2cccs2)CC1)c1cnccn1. The van der Waals surface area contributed by atoms with Crippen LogP contribution in [0.2, 0.25) is 0 Å². The number of aromatic nitrogens is 2. The molecule has 3 heterocycles. The second-order valence-electron chi connectivity index (χ2n) is 5.80. The van der Waals surface area contributed by atoms with Crippen LogP contribution in [0.4, 0.5) is 0 Å². The van der Waals surface area contributed by atoms with Crippen molar-refractivity contribution in [2.24, 2.45) is 0 Å². The summed E-state index contributed by atoms with van der Waals surface area (Å²) in [6.45, 7) is 1.38. The number of carbonyl (C=O) groups is 2. The Morgan fingerprint density at radius 1 is 1.29 bits per heavy atom. The maximum Gasteiger partial charge on any atom is 0.271 e. The Balaban J connectivity index is 1.42. The van der Waals surface area contributed by atoms with Crippen molar-refractivity contribution in [3.63, 3.8) is 0 Å². The van der Waals surface area contributed by atoms with Crippen molar-refractivity contribution in [3.8, 4) is 0 Å². The van der Waals surface area contributed by atoms with Gasteiger partial charge >= 0.3 is 0 Å². The average Bonchev–Trinajstić information content (AvgIpc) is 3.14. The minimum Gasteiger partial charge on any atom is -0.348 e. The quantitative estimate of drug-likeness (QED) is 0.899. The predicted octanol–water partition coefficient (Wildman–Crippen LogP) is 1.89. The van der Waals surface area contributed by atoms with Crippen LogP contribution in [-0.2, 0) is 11.2 Å². The number of nitrogens with zero attached hydrogens (tertiary/aromatic N) is 3. The lowest BCUT2D eigenvalue weighted by atomic mass is 10.0. The van der Waals surface area contributed by atoms with Gasteiger partial charge in [-0.1, -0.05) is 6.07 Å². The van der Waals surface area contributed by atoms with Crippen molar-refractivity contribution in [2.45, 2.75) is 31.7 Å². The van der Waals surface area contributed by atoms with Crippen LogP contribution >= 0.6 is 11.3 Å². The number of aryl methyl sites for hydroxylation is 1. The first-order valence-corrected chi connectivity index (χ1v) is 8.97. The molecule has 1 saturated heterocycles. The van der Waals surface area contributed by atoms with Crippen molar-refractivity contribution in [2.75, 3.05) is 13.1 Å². The molecule has 0 aliphatic carbocycles. The zero-order chi connectivity index (χ0) is 16.8. The molecule has 6 nitrogen and oxygen atoms in total. The van der Waals surface area contributed by atoms with Gasteiger partial charge in [0.15, 0.2) is 0 Å². The van der Waals surface area contributed by atoms with Crippen molar-refractivity contribution >= 4 is 23.2 Å². The largest absolute Gasteiger partial charge is 0.348 e. The molecule has 2 aromatic heterocycles. The van der Waals surface area contributed by atoms with E-state index < -0.39 is 0 Å². The van der Waals surface area contributed by atoms with Gasteiger partial charge in [-0.2, -0.15) is 0 Å². The molecule has 0 aromatic carbocycles. The molecule has 0 saturated carbocycles. The summed E-state index contributed by atoms with van der Waals surface area (Å²) < 4.78 is 0. The minimum atomic E-state index is -0.203. The van der Waals surface area contributed by atoms with Crippen LogP contribution in [0.1, 0.15) is 34.6 Å². The van der Waals surface area contributed by atoms with Crippen molar-refractivity contribution < 1.29 is 9.59 Å². The number of carbonyl (C=O) groups excluding carboxylic acids is 2. The highest BCUT2D eigenvalue weighted by Crippen LogP contribution is 2.15. The Bertz CT molecular complexity index is 667. The summed E-state index contributed by atoms with van der Waals surface area (Å²) in [5, 5.41) is 5.00. The molecule has 1 aliphatic rings. The standard InChI is InChI=1S/C17H20N4O2S/c22-16(4-3-14-2-1-11-24-14)21-9-5-13(6-10-21)20-17(23)15-12-18-7-8-19-15/h1-2,7-8,11-13H,3-6,9-10H2,(H,20,23). The van der Waals surface area contributed by atoms with E-state index in [-0.39, 0.29) is 17.9 Å². The fraction of sp³-hybridized carbons (Fsp3) is 0.412. The number of hydrogen-bond acceptors (Lipinski definition) is 5. The number of amides is 2. The van der Waals surface area contributed by atoms with Gasteiger partial charge in [0.25, 0.3) is 5.91 Å². The molecule has 1 aliphatic heterocycles. The summed E-state index contributed by atoms with van der Waals surface area (Å²) in [4.78, 5) is 35.4. The lowest BCUT2D eigenvalue weighted by Crippen LogP contribution is -2.46. The third kappa shape index (κ3) is 4.38. The molecule has 1 N–H and O–H groups in total. The molecule has 0 bridgehead atoms. The smallest absolute Gasteiger partial charge is 0.271 e. The molecule has 0 radical (unpaired) electrons. The molecule has 2 amide bonds. The minimum absolute atomic E-state index is 0.0841. The zero-order valence-electron chi connectivity index (χ0n) is 13.4. The summed E-state index contributed by atoms with van der Waals surface area (Å²) in [5.74, 6) is -0.00678. The Morgan fingerprint density at radius 2 is 2.12 bits per heavy atom. The van der Waals surface area contributed by atoms with E-state index in [1.165, 1.54) is 23.5 Å². The average molecular weight is 344 g/mol. The predicted molar refractivity (Wildman–Crippen MR) is 91.7 cm³/mol. The fourth-order valence-corrected chi connectivity index (χ4v) is 3.50. The zero-order valence-corrected chi connectivity index (χ0v) is 14.2. The van der Waals surface area contributed by atoms with Crippen LogP contribution in [0.25, 0.3) is 0 Å². The lowest BCUT2D eigenvalue weighted by Gasteiger charge is -2.32. The van der Waals surface area contributed by atoms with Gasteiger partial charge in [0.05, 0.1) is 6.20 Å². The normalized spacial score (nSPS) is 15.2. The first kappa shape index (κ1) is 16.6. The summed E-state index contributed by atoms with van der Waals surface area (Å²) >= 11 is 1.69. The number of hydrogen-bond donors (Lipinski definition) is 1. The van der Waals surface area contributed by atoms with E-state index in [0.717, 1.165) is 19.3 Å². The van der Waals surface area contributed by atoms with Crippen molar-refractivity contribution in [1.82, 2.24) is 20.2 Å². The molecule has 0 unspecified atom stereocenters. The van der Waals surface area contributed by atoms with E-state index in [1.54, 1.807) is 11.3 Å². The number of rotatable bonds is 5. The number of thiophene rings is 1. The van der Waals surface area contributed by atoms with E-state index in [9.17, 15) is 9.59 Å². The molecule has 24 heavy (non-hydrogen) atoms. The van der Waals surface area contributed by atoms with E-state index in [0.29, 0.717) is 25.2 Å². The van der Waals surface area contributed by atoms with Crippen LogP contribution in [0.5, 0.6) is 0 Å². The second kappa shape index (κ2) is 8.01. The maximum absolute atomic E-state index is 12.3. The van der Waals surface area contributed by atoms with Crippen molar-refractivity contribution in [1.29, 1.82) is 0 Å². The third-order valence-electron chi connectivity index (χ3n) is 4.14. The van der Waals surface area contributed by atoms with Crippen LogP contribution in [0, 0.1) is 0 Å². The van der Waals surface area contributed by atoms with Gasteiger partial charge in [-0.3, -0.25) is 14.6 Å². The van der Waals surface area contributed by atoms with Gasteiger partial charge in [-0.15, -0.1) is 11.3 Å². The Morgan fingerprint density at radius 3 is 2.79 bits per heavy atom. The molecule has 126 valence electrons. The highest BCUT2D eigenvalue weighted by atomic mass is 32.1. The van der Waals surface area contributed by atoms with Gasteiger partial charge in [0.2, 0.25) is 5.91 Å². The van der Waals surface area contributed by atoms with Gasteiger partial charge in [0.1, 0.15) is 5.69 Å². The Kier molecular flexibility index (Phi) is 5.53. The molecule has 2 aromatic rings. The third-order valence-corrected chi connectivity index (χ3v) is 5.08. The van der Waals surface area contributed by atoms with Gasteiger partial charge in [-0.05, 0) is 30.7 Å². The Labute approximate surface area is 144 Å². The first-order chi connectivity index (χ1) is 11.7. The fourth-order valence-electron chi connectivity index (χ4n) is 2.79. The summed E-state index contributed by atoms with van der Waals surface area (Å²) in [5.41, 5.74) is 0.326. The van der Waals surface area contributed by atoms with Crippen molar-refractivity contribution in [3.05, 3.63) is 46.7 Å². The second-order valence-corrected chi connectivity index (χ2v) is 6.83. The van der Waals surface area contributed by atoms with Crippen LogP contribution < -0.4 is 5.32 Å². The van der Waals surface area contributed by atoms with E-state index in [4.69, 9.17) is 0 Å². The van der Waals surface area contributed by atoms with Crippen LogP contribution in [-0.4, -0.2) is 45.8 Å². The first-order valence-electron chi connectivity index (χ1n) is 8.09. The van der Waals surface area contributed by atoms with Crippen LogP contribution in [0.3, 0.4) is 0 Å². The number of piperidine rings is 1. The number of likely N-dealkylation sites (tertiary alicyclic amines) is 1. The van der Waals surface area contributed by atoms with E-state index in [1.807, 2.05) is 16.3 Å². The van der Waals surface area contributed by atoms with Gasteiger partial charge in [-0.25, -0.2) is 4.98 Å². The highest BCUT2D eigenvalue weighted by molar-refractivity contribution is 7.09. The molecule has 1 fully saturated rings. The molecule has 0 spiro atoms. The Hall–Kier alpha value is -2.28. The highest BCUT2D eigenvalue weighted by Gasteiger charge is 2.24. The molecule has 3 rings (SSSR count). The molecule has 7 heteroatoms. The van der Waals surface area contributed by atoms with Gasteiger partial charge in [0, 0.05) is 42.8 Å². The topological polar surface area (TPSA) is 75.2 Å². The monoisotopic (exact) mass is 344 g/mol. The maximum atomic E-state index is 12.3. The molecule has 0 atom stereocenters.